The summed E-state index contributed by atoms with van der Waals surface area (Å²) in [5.74, 6) is 0.662. The fourth-order valence-electron chi connectivity index (χ4n) is 2.77. The first-order valence-electron chi connectivity index (χ1n) is 8.89. The molecule has 1 aromatic rings. The summed E-state index contributed by atoms with van der Waals surface area (Å²) in [7, 11) is 1.57. The zero-order valence-electron chi connectivity index (χ0n) is 15.5. The molecule has 1 N–H and O–H groups in total. The van der Waals surface area contributed by atoms with Gasteiger partial charge in [-0.3, -0.25) is 19.3 Å². The lowest BCUT2D eigenvalue weighted by atomic mass is 10.1. The summed E-state index contributed by atoms with van der Waals surface area (Å²) < 4.78 is 11.0. The Balaban J connectivity index is 1.91. The first kappa shape index (κ1) is 19.8. The van der Waals surface area contributed by atoms with Crippen molar-refractivity contribution in [3.8, 4) is 11.5 Å². The number of nitrogens with zero attached hydrogens (tertiary/aromatic N) is 1. The maximum atomic E-state index is 12.1. The van der Waals surface area contributed by atoms with Gasteiger partial charge in [-0.15, -0.1) is 0 Å². The van der Waals surface area contributed by atoms with E-state index in [1.165, 1.54) is 0 Å². The van der Waals surface area contributed by atoms with Crippen molar-refractivity contribution in [2.45, 2.75) is 45.6 Å². The van der Waals surface area contributed by atoms with Gasteiger partial charge in [-0.2, -0.15) is 0 Å². The van der Waals surface area contributed by atoms with Crippen molar-refractivity contribution < 1.29 is 23.9 Å². The smallest absolute Gasteiger partial charge is 0.229 e. The molecule has 0 aliphatic carbocycles. The second kappa shape index (κ2) is 9.22. The Hall–Kier alpha value is -2.57. The highest BCUT2D eigenvalue weighted by atomic mass is 16.5. The topological polar surface area (TPSA) is 84.9 Å². The van der Waals surface area contributed by atoms with Gasteiger partial charge in [0, 0.05) is 25.8 Å². The molecular weight excluding hydrogens is 336 g/mol. The first-order valence-corrected chi connectivity index (χ1v) is 8.89. The maximum Gasteiger partial charge on any atom is 0.229 e. The number of benzene rings is 1. The van der Waals surface area contributed by atoms with E-state index in [0.29, 0.717) is 18.1 Å². The van der Waals surface area contributed by atoms with E-state index < -0.39 is 0 Å². The van der Waals surface area contributed by atoms with Crippen LogP contribution in [0.1, 0.15) is 51.1 Å². The molecule has 7 nitrogen and oxygen atoms in total. The molecule has 0 saturated carbocycles. The molecule has 1 fully saturated rings. The van der Waals surface area contributed by atoms with Crippen molar-refractivity contribution in [2.24, 2.45) is 0 Å². The summed E-state index contributed by atoms with van der Waals surface area (Å²) in [5.41, 5.74) is 0.882. The summed E-state index contributed by atoms with van der Waals surface area (Å²) in [6.07, 6.45) is 1.47. The van der Waals surface area contributed by atoms with Crippen LogP contribution in [-0.4, -0.2) is 42.9 Å². The zero-order chi connectivity index (χ0) is 19.1. The molecule has 0 unspecified atom stereocenters. The number of ether oxygens (including phenoxy) is 2. The van der Waals surface area contributed by atoms with E-state index in [1.807, 2.05) is 32.0 Å². The molecule has 1 aliphatic rings. The Morgan fingerprint density at radius 1 is 1.23 bits per heavy atom. The van der Waals surface area contributed by atoms with Crippen LogP contribution in [0, 0.1) is 0 Å². The number of hydrogen-bond acceptors (Lipinski definition) is 5. The largest absolute Gasteiger partial charge is 0.493 e. The van der Waals surface area contributed by atoms with Gasteiger partial charge in [0.05, 0.1) is 19.8 Å². The van der Waals surface area contributed by atoms with E-state index in [0.717, 1.165) is 16.9 Å². The summed E-state index contributed by atoms with van der Waals surface area (Å²) in [6.45, 7) is 4.63. The van der Waals surface area contributed by atoms with Crippen LogP contribution in [-0.2, 0) is 14.4 Å². The minimum Gasteiger partial charge on any atom is -0.493 e. The van der Waals surface area contributed by atoms with Crippen LogP contribution in [0.3, 0.4) is 0 Å². The second-order valence-electron chi connectivity index (χ2n) is 6.24. The molecular formula is C19H26N2O5. The van der Waals surface area contributed by atoms with Gasteiger partial charge >= 0.3 is 0 Å². The van der Waals surface area contributed by atoms with Crippen molar-refractivity contribution in [1.29, 1.82) is 0 Å². The van der Waals surface area contributed by atoms with Crippen LogP contribution < -0.4 is 14.8 Å². The SMILES string of the molecule is CCCOc1ccc([C@@H](C)NC(=O)CCN2C(=O)CCC2=O)cc1OC. The van der Waals surface area contributed by atoms with E-state index in [4.69, 9.17) is 9.47 Å². The zero-order valence-corrected chi connectivity index (χ0v) is 15.5. The first-order chi connectivity index (χ1) is 12.5. The average Bonchev–Trinajstić information content (AvgIpc) is 2.95. The number of rotatable bonds is 9. The predicted molar refractivity (Wildman–Crippen MR) is 95.9 cm³/mol. The fraction of sp³-hybridized carbons (Fsp3) is 0.526. The quantitative estimate of drug-likeness (QED) is 0.681. The number of carbonyl (C=O) groups is 3. The van der Waals surface area contributed by atoms with Gasteiger partial charge in [-0.1, -0.05) is 13.0 Å². The number of nitrogens with one attached hydrogen (secondary N) is 1. The van der Waals surface area contributed by atoms with Crippen molar-refractivity contribution in [3.63, 3.8) is 0 Å². The Morgan fingerprint density at radius 3 is 2.54 bits per heavy atom. The molecule has 0 bridgehead atoms. The molecule has 1 saturated heterocycles. The highest BCUT2D eigenvalue weighted by molar-refractivity contribution is 6.02. The van der Waals surface area contributed by atoms with Gasteiger partial charge in [0.25, 0.3) is 0 Å². The summed E-state index contributed by atoms with van der Waals surface area (Å²) in [5, 5.41) is 2.88. The van der Waals surface area contributed by atoms with Crippen molar-refractivity contribution >= 4 is 17.7 Å². The van der Waals surface area contributed by atoms with Gasteiger partial charge < -0.3 is 14.8 Å². The normalized spacial score (nSPS) is 15.1. The molecule has 26 heavy (non-hydrogen) atoms. The van der Waals surface area contributed by atoms with Gasteiger partial charge in [0.15, 0.2) is 11.5 Å². The molecule has 1 atom stereocenters. The number of carbonyl (C=O) groups excluding carboxylic acids is 3. The van der Waals surface area contributed by atoms with Crippen LogP contribution >= 0.6 is 0 Å². The van der Waals surface area contributed by atoms with Gasteiger partial charge in [-0.05, 0) is 31.0 Å². The van der Waals surface area contributed by atoms with Crippen molar-refractivity contribution in [1.82, 2.24) is 10.2 Å². The summed E-state index contributed by atoms with van der Waals surface area (Å²) in [6, 6.07) is 5.31. The third kappa shape index (κ3) is 4.97. The fourth-order valence-corrected chi connectivity index (χ4v) is 2.77. The third-order valence-corrected chi connectivity index (χ3v) is 4.24. The number of hydrogen-bond donors (Lipinski definition) is 1. The van der Waals surface area contributed by atoms with Gasteiger partial charge in [0.2, 0.25) is 17.7 Å². The molecule has 0 aromatic heterocycles. The standard InChI is InChI=1S/C19H26N2O5/c1-4-11-26-15-6-5-14(12-16(15)25-3)13(2)20-17(22)9-10-21-18(23)7-8-19(21)24/h5-6,12-13H,4,7-11H2,1-3H3,(H,20,22)/t13-/m1/s1. The number of likely N-dealkylation sites (tertiary alicyclic amines) is 1. The van der Waals surface area contributed by atoms with E-state index in [9.17, 15) is 14.4 Å². The Morgan fingerprint density at radius 2 is 1.92 bits per heavy atom. The lowest BCUT2D eigenvalue weighted by Gasteiger charge is -2.18. The molecule has 142 valence electrons. The van der Waals surface area contributed by atoms with Crippen molar-refractivity contribution in [2.75, 3.05) is 20.3 Å². The van der Waals surface area contributed by atoms with Crippen LogP contribution in [0.4, 0.5) is 0 Å². The third-order valence-electron chi connectivity index (χ3n) is 4.24. The average molecular weight is 362 g/mol. The molecule has 1 aromatic carbocycles. The highest BCUT2D eigenvalue weighted by Gasteiger charge is 2.28. The van der Waals surface area contributed by atoms with E-state index in [2.05, 4.69) is 5.32 Å². The predicted octanol–water partition coefficient (Wildman–Crippen LogP) is 2.20. The number of amides is 3. The Labute approximate surface area is 153 Å². The lowest BCUT2D eigenvalue weighted by molar-refractivity contribution is -0.138. The van der Waals surface area contributed by atoms with Gasteiger partial charge in [-0.25, -0.2) is 0 Å². The van der Waals surface area contributed by atoms with Crippen molar-refractivity contribution in [3.05, 3.63) is 23.8 Å². The van der Waals surface area contributed by atoms with Gasteiger partial charge in [0.1, 0.15) is 0 Å². The molecule has 0 spiro atoms. The van der Waals surface area contributed by atoms with Crippen LogP contribution in [0.25, 0.3) is 0 Å². The summed E-state index contributed by atoms with van der Waals surface area (Å²) >= 11 is 0. The van der Waals surface area contributed by atoms with E-state index in [1.54, 1.807) is 7.11 Å². The van der Waals surface area contributed by atoms with Crippen LogP contribution in [0.15, 0.2) is 18.2 Å². The monoisotopic (exact) mass is 362 g/mol. The maximum absolute atomic E-state index is 12.1. The molecule has 0 radical (unpaired) electrons. The minimum atomic E-state index is -0.235. The molecule has 2 rings (SSSR count). The second-order valence-corrected chi connectivity index (χ2v) is 6.24. The Kier molecular flexibility index (Phi) is 7.00. The molecule has 7 heteroatoms. The molecule has 3 amide bonds. The van der Waals surface area contributed by atoms with E-state index >= 15 is 0 Å². The molecule has 1 heterocycles. The summed E-state index contributed by atoms with van der Waals surface area (Å²) in [4.78, 5) is 36.4. The minimum absolute atomic E-state index is 0.0939. The number of imide groups is 1. The lowest BCUT2D eigenvalue weighted by Crippen LogP contribution is -2.34. The molecule has 1 aliphatic heterocycles. The Bertz CT molecular complexity index is 658. The van der Waals surface area contributed by atoms with Crippen LogP contribution in [0.5, 0.6) is 11.5 Å². The number of methoxy groups -OCH3 is 1. The highest BCUT2D eigenvalue weighted by Crippen LogP contribution is 2.30. The van der Waals surface area contributed by atoms with Crippen LogP contribution in [0.2, 0.25) is 0 Å². The van der Waals surface area contributed by atoms with E-state index in [-0.39, 0.29) is 49.6 Å².